The molecule has 23 heavy (non-hydrogen) atoms. The van der Waals surface area contributed by atoms with Crippen LogP contribution in [0.3, 0.4) is 0 Å². The molecule has 7 heteroatoms. The molecule has 126 valence electrons. The second kappa shape index (κ2) is 8.79. The fourth-order valence-corrected chi connectivity index (χ4v) is 3.19. The van der Waals surface area contributed by atoms with Gasteiger partial charge in [-0.25, -0.2) is 0 Å². The van der Waals surface area contributed by atoms with Crippen molar-refractivity contribution in [1.29, 1.82) is 0 Å². The van der Waals surface area contributed by atoms with Crippen molar-refractivity contribution in [3.8, 4) is 5.75 Å². The Hall–Kier alpha value is -1.73. The van der Waals surface area contributed by atoms with Crippen molar-refractivity contribution in [3.63, 3.8) is 0 Å². The van der Waals surface area contributed by atoms with Crippen LogP contribution >= 0.6 is 11.8 Å². The van der Waals surface area contributed by atoms with Gasteiger partial charge in [0.05, 0.1) is 20.3 Å². The molecule has 0 aromatic heterocycles. The Morgan fingerprint density at radius 3 is 2.52 bits per heavy atom. The van der Waals surface area contributed by atoms with E-state index in [4.69, 9.17) is 9.47 Å². The molecular formula is C16H22N2O4S. The molecule has 0 radical (unpaired) electrons. The molecule has 1 heterocycles. The number of nitrogens with zero attached hydrogens (tertiary/aromatic N) is 1. The summed E-state index contributed by atoms with van der Waals surface area (Å²) < 4.78 is 10.4. The normalized spacial score (nSPS) is 15.8. The van der Waals surface area contributed by atoms with Gasteiger partial charge in [-0.05, 0) is 24.3 Å². The van der Waals surface area contributed by atoms with E-state index >= 15 is 0 Å². The van der Waals surface area contributed by atoms with E-state index in [1.165, 1.54) is 18.7 Å². The van der Waals surface area contributed by atoms with Crippen molar-refractivity contribution in [2.24, 2.45) is 0 Å². The standard InChI is InChI=1S/C16H22N2O4S/c1-12(19)17-15(16(20)18-7-9-22-10-8-18)11-23-14-5-3-13(21-2)4-6-14/h3-6,15H,7-11H2,1-2H3,(H,17,19). The molecule has 2 amide bonds. The number of amides is 2. The summed E-state index contributed by atoms with van der Waals surface area (Å²) in [6.45, 7) is 3.66. The predicted octanol–water partition coefficient (Wildman–Crippen LogP) is 1.15. The molecule has 0 saturated carbocycles. The third-order valence-corrected chi connectivity index (χ3v) is 4.58. The second-order valence-corrected chi connectivity index (χ2v) is 6.27. The van der Waals surface area contributed by atoms with E-state index < -0.39 is 6.04 Å². The van der Waals surface area contributed by atoms with Gasteiger partial charge in [0.25, 0.3) is 0 Å². The number of hydrogen-bond donors (Lipinski definition) is 1. The average molecular weight is 338 g/mol. The topological polar surface area (TPSA) is 67.9 Å². The maximum Gasteiger partial charge on any atom is 0.246 e. The van der Waals surface area contributed by atoms with E-state index in [1.807, 2.05) is 24.3 Å². The van der Waals surface area contributed by atoms with Gasteiger partial charge >= 0.3 is 0 Å². The molecule has 0 bridgehead atoms. The van der Waals surface area contributed by atoms with Gasteiger partial charge in [-0.2, -0.15) is 0 Å². The average Bonchev–Trinajstić information content (AvgIpc) is 2.59. The van der Waals surface area contributed by atoms with Crippen LogP contribution in [-0.4, -0.2) is 61.9 Å². The quantitative estimate of drug-likeness (QED) is 0.788. The zero-order valence-corrected chi connectivity index (χ0v) is 14.2. The highest BCUT2D eigenvalue weighted by Gasteiger charge is 2.26. The minimum atomic E-state index is -0.530. The fraction of sp³-hybridized carbons (Fsp3) is 0.500. The number of methoxy groups -OCH3 is 1. The maximum atomic E-state index is 12.6. The van der Waals surface area contributed by atoms with Crippen LogP contribution in [0.1, 0.15) is 6.92 Å². The van der Waals surface area contributed by atoms with Gasteiger partial charge in [0.15, 0.2) is 0 Å². The van der Waals surface area contributed by atoms with E-state index in [1.54, 1.807) is 12.0 Å². The van der Waals surface area contributed by atoms with Crippen molar-refractivity contribution in [3.05, 3.63) is 24.3 Å². The Labute approximate surface area is 140 Å². The van der Waals surface area contributed by atoms with Crippen LogP contribution in [0.5, 0.6) is 5.75 Å². The first-order valence-electron chi connectivity index (χ1n) is 7.50. The first-order valence-corrected chi connectivity index (χ1v) is 8.49. The number of morpholine rings is 1. The molecule has 1 N–H and O–H groups in total. The van der Waals surface area contributed by atoms with Crippen molar-refractivity contribution in [2.75, 3.05) is 39.2 Å². The van der Waals surface area contributed by atoms with Crippen molar-refractivity contribution in [1.82, 2.24) is 10.2 Å². The molecule has 1 aromatic rings. The Morgan fingerprint density at radius 1 is 1.30 bits per heavy atom. The first kappa shape index (κ1) is 17.6. The van der Waals surface area contributed by atoms with Gasteiger partial charge in [0.1, 0.15) is 11.8 Å². The predicted molar refractivity (Wildman–Crippen MR) is 88.7 cm³/mol. The number of rotatable bonds is 6. The Balaban J connectivity index is 1.96. The summed E-state index contributed by atoms with van der Waals surface area (Å²) in [5.41, 5.74) is 0. The van der Waals surface area contributed by atoms with Gasteiger partial charge in [-0.1, -0.05) is 0 Å². The number of carbonyl (C=O) groups excluding carboxylic acids is 2. The fourth-order valence-electron chi connectivity index (χ4n) is 2.28. The first-order chi connectivity index (χ1) is 11.1. The number of thioether (sulfide) groups is 1. The SMILES string of the molecule is COc1ccc(SCC(NC(C)=O)C(=O)N2CCOCC2)cc1. The summed E-state index contributed by atoms with van der Waals surface area (Å²) >= 11 is 1.53. The molecule has 1 fully saturated rings. The molecule has 0 spiro atoms. The van der Waals surface area contributed by atoms with Gasteiger partial charge in [0, 0.05) is 30.7 Å². The lowest BCUT2D eigenvalue weighted by molar-refractivity contribution is -0.138. The molecule has 6 nitrogen and oxygen atoms in total. The van der Waals surface area contributed by atoms with Gasteiger partial charge in [-0.3, -0.25) is 9.59 Å². The lowest BCUT2D eigenvalue weighted by atomic mass is 10.2. The lowest BCUT2D eigenvalue weighted by Crippen LogP contribution is -2.52. The molecule has 0 aliphatic carbocycles. The third kappa shape index (κ3) is 5.44. The Bertz CT molecular complexity index is 529. The zero-order chi connectivity index (χ0) is 16.7. The van der Waals surface area contributed by atoms with Crippen molar-refractivity contribution < 1.29 is 19.1 Å². The van der Waals surface area contributed by atoms with Crippen LogP contribution in [0.4, 0.5) is 0 Å². The van der Waals surface area contributed by atoms with E-state index in [0.29, 0.717) is 32.1 Å². The van der Waals surface area contributed by atoms with E-state index in [-0.39, 0.29) is 11.8 Å². The largest absolute Gasteiger partial charge is 0.497 e. The molecule has 1 atom stereocenters. The van der Waals surface area contributed by atoms with E-state index in [9.17, 15) is 9.59 Å². The molecule has 1 aliphatic heterocycles. The highest BCUT2D eigenvalue weighted by atomic mass is 32.2. The van der Waals surface area contributed by atoms with Crippen LogP contribution in [0.25, 0.3) is 0 Å². The van der Waals surface area contributed by atoms with Crippen LogP contribution in [-0.2, 0) is 14.3 Å². The highest BCUT2D eigenvalue weighted by Crippen LogP contribution is 2.22. The van der Waals surface area contributed by atoms with Crippen LogP contribution in [0.15, 0.2) is 29.2 Å². The second-order valence-electron chi connectivity index (χ2n) is 5.18. The highest BCUT2D eigenvalue weighted by molar-refractivity contribution is 7.99. The number of nitrogens with one attached hydrogen (secondary N) is 1. The summed E-state index contributed by atoms with van der Waals surface area (Å²) in [6, 6.07) is 7.10. The number of ether oxygens (including phenoxy) is 2. The van der Waals surface area contributed by atoms with Gasteiger partial charge < -0.3 is 19.7 Å². The van der Waals surface area contributed by atoms with Gasteiger partial charge in [-0.15, -0.1) is 11.8 Å². The maximum absolute atomic E-state index is 12.6. The molecular weight excluding hydrogens is 316 g/mol. The van der Waals surface area contributed by atoms with Crippen molar-refractivity contribution in [2.45, 2.75) is 17.9 Å². The summed E-state index contributed by atoms with van der Waals surface area (Å²) in [7, 11) is 1.62. The molecule has 2 rings (SSSR count). The molecule has 1 saturated heterocycles. The van der Waals surface area contributed by atoms with E-state index in [2.05, 4.69) is 5.32 Å². The number of carbonyl (C=O) groups is 2. The third-order valence-electron chi connectivity index (χ3n) is 3.47. The van der Waals surface area contributed by atoms with Crippen LogP contribution in [0.2, 0.25) is 0 Å². The Kier molecular flexibility index (Phi) is 6.73. The smallest absolute Gasteiger partial charge is 0.246 e. The summed E-state index contributed by atoms with van der Waals surface area (Å²) in [4.78, 5) is 26.8. The van der Waals surface area contributed by atoms with Crippen molar-refractivity contribution >= 4 is 23.6 Å². The Morgan fingerprint density at radius 2 is 1.96 bits per heavy atom. The summed E-state index contributed by atoms with van der Waals surface area (Å²) in [5.74, 6) is 1.02. The zero-order valence-electron chi connectivity index (χ0n) is 13.4. The lowest BCUT2D eigenvalue weighted by Gasteiger charge is -2.30. The molecule has 1 aromatic carbocycles. The monoisotopic (exact) mass is 338 g/mol. The number of benzene rings is 1. The summed E-state index contributed by atoms with van der Waals surface area (Å²) in [6.07, 6.45) is 0. The van der Waals surface area contributed by atoms with Gasteiger partial charge in [0.2, 0.25) is 11.8 Å². The van der Waals surface area contributed by atoms with Crippen LogP contribution < -0.4 is 10.1 Å². The number of hydrogen-bond acceptors (Lipinski definition) is 5. The minimum Gasteiger partial charge on any atom is -0.497 e. The van der Waals surface area contributed by atoms with Crippen LogP contribution in [0, 0.1) is 0 Å². The van der Waals surface area contributed by atoms with E-state index in [0.717, 1.165) is 10.6 Å². The molecule has 1 aliphatic rings. The molecule has 1 unspecified atom stereocenters. The minimum absolute atomic E-state index is 0.0514. The summed E-state index contributed by atoms with van der Waals surface area (Å²) in [5, 5.41) is 2.75.